The van der Waals surface area contributed by atoms with E-state index in [1.54, 1.807) is 11.3 Å². The highest BCUT2D eigenvalue weighted by molar-refractivity contribution is 7.08. The van der Waals surface area contributed by atoms with E-state index in [1.165, 1.54) is 11.1 Å². The molecule has 0 saturated carbocycles. The van der Waals surface area contributed by atoms with Gasteiger partial charge in [-0.05, 0) is 29.9 Å². The van der Waals surface area contributed by atoms with Crippen LogP contribution < -0.4 is 5.32 Å². The van der Waals surface area contributed by atoms with E-state index in [2.05, 4.69) is 43.8 Å². The third kappa shape index (κ3) is 3.51. The number of nitrogens with one attached hydrogen (secondary N) is 1. The summed E-state index contributed by atoms with van der Waals surface area (Å²) in [4.78, 5) is 17.1. The van der Waals surface area contributed by atoms with E-state index in [-0.39, 0.29) is 11.8 Å². The largest absolute Gasteiger partial charge is 0.355 e. The lowest BCUT2D eigenvalue weighted by Crippen LogP contribution is -2.37. The number of hydrogen-bond donors (Lipinski definition) is 1. The van der Waals surface area contributed by atoms with Crippen LogP contribution in [0.25, 0.3) is 11.3 Å². The van der Waals surface area contributed by atoms with Crippen LogP contribution in [0.15, 0.2) is 53.4 Å². The molecule has 1 aliphatic rings. The van der Waals surface area contributed by atoms with Crippen molar-refractivity contribution >= 4 is 17.2 Å². The van der Waals surface area contributed by atoms with Crippen molar-refractivity contribution in [1.82, 2.24) is 14.9 Å². The maximum absolute atomic E-state index is 12.6. The van der Waals surface area contributed by atoms with Crippen LogP contribution in [0, 0.1) is 5.92 Å². The number of rotatable bonds is 5. The molecule has 3 heterocycles. The van der Waals surface area contributed by atoms with Crippen LogP contribution in [-0.2, 0) is 24.2 Å². The molecule has 0 spiro atoms. The molecule has 1 atom stereocenters. The van der Waals surface area contributed by atoms with Crippen molar-refractivity contribution in [2.75, 3.05) is 6.54 Å². The van der Waals surface area contributed by atoms with Crippen LogP contribution in [0.3, 0.4) is 0 Å². The highest BCUT2D eigenvalue weighted by atomic mass is 32.1. The van der Waals surface area contributed by atoms with Crippen LogP contribution in [0.2, 0.25) is 0 Å². The predicted octanol–water partition coefficient (Wildman–Crippen LogP) is 3.53. The van der Waals surface area contributed by atoms with Gasteiger partial charge < -0.3 is 9.88 Å². The average Bonchev–Trinajstić information content (AvgIpc) is 3.31. The second-order valence-corrected chi connectivity index (χ2v) is 7.22. The second-order valence-electron chi connectivity index (χ2n) is 6.44. The molecule has 0 bridgehead atoms. The van der Waals surface area contributed by atoms with Crippen molar-refractivity contribution in [1.29, 1.82) is 0 Å². The fourth-order valence-electron chi connectivity index (χ4n) is 3.41. The number of thiophene rings is 1. The van der Waals surface area contributed by atoms with Crippen LogP contribution >= 0.6 is 11.3 Å². The Morgan fingerprint density at radius 1 is 1.28 bits per heavy atom. The molecule has 5 heteroatoms. The summed E-state index contributed by atoms with van der Waals surface area (Å²) in [5.41, 5.74) is 3.56. The summed E-state index contributed by atoms with van der Waals surface area (Å²) < 4.78 is 2.22. The van der Waals surface area contributed by atoms with E-state index >= 15 is 0 Å². The molecular weight excluding hydrogens is 330 g/mol. The minimum Gasteiger partial charge on any atom is -0.355 e. The predicted molar refractivity (Wildman–Crippen MR) is 101 cm³/mol. The molecule has 1 aromatic carbocycles. The lowest BCUT2D eigenvalue weighted by molar-refractivity contribution is -0.125. The Morgan fingerprint density at radius 2 is 2.16 bits per heavy atom. The van der Waals surface area contributed by atoms with Gasteiger partial charge in [-0.25, -0.2) is 4.98 Å². The van der Waals surface area contributed by atoms with Crippen molar-refractivity contribution < 1.29 is 4.79 Å². The third-order valence-corrected chi connectivity index (χ3v) is 5.48. The maximum Gasteiger partial charge on any atom is 0.224 e. The smallest absolute Gasteiger partial charge is 0.224 e. The molecule has 0 radical (unpaired) electrons. The molecule has 128 valence electrons. The number of amides is 1. The first-order valence-corrected chi connectivity index (χ1v) is 9.64. The highest BCUT2D eigenvalue weighted by Gasteiger charge is 2.27. The lowest BCUT2D eigenvalue weighted by Gasteiger charge is -2.24. The topological polar surface area (TPSA) is 46.9 Å². The first-order chi connectivity index (χ1) is 12.3. The van der Waals surface area contributed by atoms with Crippen LogP contribution in [-0.4, -0.2) is 22.0 Å². The standard InChI is InChI=1S/C20H21N3OS/c24-20(21-10-8-15-4-2-1-3-5-15)16-6-7-19-22-12-18(23(19)13-16)17-9-11-25-14-17/h1-5,9,11-12,14,16H,6-8,10,13H2,(H,21,24). The summed E-state index contributed by atoms with van der Waals surface area (Å²) in [6.45, 7) is 1.41. The van der Waals surface area contributed by atoms with E-state index in [0.717, 1.165) is 37.3 Å². The molecule has 1 aliphatic heterocycles. The molecule has 4 nitrogen and oxygen atoms in total. The van der Waals surface area contributed by atoms with Crippen molar-refractivity contribution in [3.8, 4) is 11.3 Å². The lowest BCUT2D eigenvalue weighted by atomic mass is 9.98. The number of carbonyl (C=O) groups is 1. The van der Waals surface area contributed by atoms with Gasteiger partial charge in [-0.2, -0.15) is 11.3 Å². The van der Waals surface area contributed by atoms with Gasteiger partial charge in [0.1, 0.15) is 5.82 Å². The Kier molecular flexibility index (Phi) is 4.65. The van der Waals surface area contributed by atoms with Crippen molar-refractivity contribution in [2.24, 2.45) is 5.92 Å². The zero-order valence-corrected chi connectivity index (χ0v) is 14.8. The van der Waals surface area contributed by atoms with Crippen LogP contribution in [0.1, 0.15) is 17.8 Å². The zero-order valence-electron chi connectivity index (χ0n) is 14.0. The van der Waals surface area contributed by atoms with Gasteiger partial charge in [-0.3, -0.25) is 4.79 Å². The van der Waals surface area contributed by atoms with Crippen LogP contribution in [0.4, 0.5) is 0 Å². The van der Waals surface area contributed by atoms with E-state index in [4.69, 9.17) is 0 Å². The van der Waals surface area contributed by atoms with Gasteiger partial charge in [0, 0.05) is 30.5 Å². The van der Waals surface area contributed by atoms with Crippen molar-refractivity contribution in [3.05, 3.63) is 64.7 Å². The molecule has 1 amide bonds. The number of hydrogen-bond acceptors (Lipinski definition) is 3. The number of benzene rings is 1. The maximum atomic E-state index is 12.6. The fourth-order valence-corrected chi connectivity index (χ4v) is 4.06. The van der Waals surface area contributed by atoms with Gasteiger partial charge in [0.15, 0.2) is 0 Å². The second kappa shape index (κ2) is 7.23. The van der Waals surface area contributed by atoms with Gasteiger partial charge in [0.2, 0.25) is 5.91 Å². The Labute approximate surface area is 151 Å². The molecule has 0 fully saturated rings. The van der Waals surface area contributed by atoms with Gasteiger partial charge in [0.25, 0.3) is 0 Å². The highest BCUT2D eigenvalue weighted by Crippen LogP contribution is 2.28. The summed E-state index contributed by atoms with van der Waals surface area (Å²) in [6.07, 6.45) is 4.54. The monoisotopic (exact) mass is 351 g/mol. The Morgan fingerprint density at radius 3 is 2.96 bits per heavy atom. The summed E-state index contributed by atoms with van der Waals surface area (Å²) in [6, 6.07) is 12.4. The molecule has 1 unspecified atom stereocenters. The molecule has 2 aromatic heterocycles. The SMILES string of the molecule is O=C(NCCc1ccccc1)C1CCc2ncc(-c3ccsc3)n2C1. The number of aryl methyl sites for hydroxylation is 1. The third-order valence-electron chi connectivity index (χ3n) is 4.80. The Balaban J connectivity index is 1.38. The quantitative estimate of drug-likeness (QED) is 0.764. The Hall–Kier alpha value is -2.40. The van der Waals surface area contributed by atoms with E-state index in [1.807, 2.05) is 24.4 Å². The van der Waals surface area contributed by atoms with Crippen molar-refractivity contribution in [2.45, 2.75) is 25.8 Å². The first kappa shape index (κ1) is 16.1. The molecule has 4 rings (SSSR count). The van der Waals surface area contributed by atoms with Gasteiger partial charge in [-0.15, -0.1) is 0 Å². The van der Waals surface area contributed by atoms with Gasteiger partial charge in [-0.1, -0.05) is 30.3 Å². The minimum absolute atomic E-state index is 0.0230. The number of nitrogens with zero attached hydrogens (tertiary/aromatic N) is 2. The zero-order chi connectivity index (χ0) is 17.1. The molecule has 25 heavy (non-hydrogen) atoms. The minimum atomic E-state index is 0.0230. The van der Waals surface area contributed by atoms with E-state index in [9.17, 15) is 4.79 Å². The molecule has 1 N–H and O–H groups in total. The summed E-state index contributed by atoms with van der Waals surface area (Å²) in [5, 5.41) is 7.32. The summed E-state index contributed by atoms with van der Waals surface area (Å²) in [7, 11) is 0. The fraction of sp³-hybridized carbons (Fsp3) is 0.300. The average molecular weight is 351 g/mol. The molecule has 0 saturated heterocycles. The van der Waals surface area contributed by atoms with E-state index < -0.39 is 0 Å². The van der Waals surface area contributed by atoms with Gasteiger partial charge in [0.05, 0.1) is 17.8 Å². The number of fused-ring (bicyclic) bond motifs is 1. The first-order valence-electron chi connectivity index (χ1n) is 8.70. The van der Waals surface area contributed by atoms with E-state index in [0.29, 0.717) is 6.54 Å². The number of carbonyl (C=O) groups excluding carboxylic acids is 1. The van der Waals surface area contributed by atoms with Crippen molar-refractivity contribution in [3.63, 3.8) is 0 Å². The summed E-state index contributed by atoms with van der Waals surface area (Å²) >= 11 is 1.68. The molecular formula is C20H21N3OS. The Bertz CT molecular complexity index is 839. The molecule has 0 aliphatic carbocycles. The van der Waals surface area contributed by atoms with Gasteiger partial charge >= 0.3 is 0 Å². The normalized spacial score (nSPS) is 16.4. The van der Waals surface area contributed by atoms with Crippen LogP contribution in [0.5, 0.6) is 0 Å². The summed E-state index contributed by atoms with van der Waals surface area (Å²) in [5.74, 6) is 1.27. The number of aromatic nitrogens is 2. The molecule has 3 aromatic rings. The number of imidazole rings is 1.